The molecule has 2 heterocycles. The second-order valence-corrected chi connectivity index (χ2v) is 37.9. The number of hydrogen-bond acceptors (Lipinski definition) is 24. The molecule has 0 fully saturated rings. The summed E-state index contributed by atoms with van der Waals surface area (Å²) in [6.07, 6.45) is 8.57. The van der Waals surface area contributed by atoms with Crippen LogP contribution in [0.5, 0.6) is 0 Å². The Morgan fingerprint density at radius 1 is 0.459 bits per heavy atom. The topological polar surface area (TPSA) is 681 Å². The van der Waals surface area contributed by atoms with Crippen LogP contribution in [0, 0.1) is 0 Å². The Kier molecular flexibility index (Phi) is 36.2. The molecule has 8 rings (SSSR count). The highest BCUT2D eigenvalue weighted by Gasteiger charge is 2.47. The molecule has 133 heavy (non-hydrogen) atoms. The van der Waals surface area contributed by atoms with Crippen molar-refractivity contribution < 1.29 is 149 Å². The molecular weight excluding hydrogens is 1830 g/mol. The minimum atomic E-state index is -5.36. The first kappa shape index (κ1) is 105. The Hall–Kier alpha value is -13.2. The number of carboxylic acid groups (broad SMARTS) is 6. The van der Waals surface area contributed by atoms with E-state index in [4.69, 9.17) is 10.2 Å². The lowest BCUT2D eigenvalue weighted by Gasteiger charge is -2.26. The molecule has 0 radical (unpaired) electrons. The minimum Gasteiger partial charge on any atom is -0.744 e. The van der Waals surface area contributed by atoms with E-state index in [0.29, 0.717) is 71.9 Å². The number of allylic oxidation sites excluding steroid dienone is 6. The van der Waals surface area contributed by atoms with E-state index in [1.54, 1.807) is 56.4 Å². The summed E-state index contributed by atoms with van der Waals surface area (Å²) < 4.78 is 147. The summed E-state index contributed by atoms with van der Waals surface area (Å²) in [5.74, 6) is -11.2. The number of nitrogens with one attached hydrogen (secondary N) is 9. The molecule has 9 amide bonds. The van der Waals surface area contributed by atoms with Crippen LogP contribution in [0.3, 0.4) is 0 Å². The van der Waals surface area contributed by atoms with Crippen molar-refractivity contribution in [2.45, 2.75) is 186 Å². The second kappa shape index (κ2) is 45.8. The van der Waals surface area contributed by atoms with Gasteiger partial charge >= 0.3 is 47.9 Å². The number of carbonyl (C=O) groups excluding carboxylic acids is 7. The van der Waals surface area contributed by atoms with Gasteiger partial charge < -0.3 is 87.9 Å². The van der Waals surface area contributed by atoms with Gasteiger partial charge in [-0.1, -0.05) is 38.1 Å². The fraction of sp³-hybridized carbons (Fsp3) is 0.395. The Bertz CT molecular complexity index is 5970. The summed E-state index contributed by atoms with van der Waals surface area (Å²) in [5.41, 5.74) is 1.95. The summed E-state index contributed by atoms with van der Waals surface area (Å²) >= 11 is 0. The number of anilines is 3. The van der Waals surface area contributed by atoms with Crippen LogP contribution < -0.4 is 52.8 Å². The molecule has 0 aliphatic carbocycles. The van der Waals surface area contributed by atoms with Gasteiger partial charge in [-0.3, -0.25) is 52.1 Å². The zero-order valence-corrected chi connectivity index (χ0v) is 75.9. The smallest absolute Gasteiger partial charge is 0.326 e. The van der Waals surface area contributed by atoms with E-state index in [-0.39, 0.29) is 134 Å². The summed E-state index contributed by atoms with van der Waals surface area (Å²) in [5, 5.41) is 77.9. The molecule has 0 unspecified atom stereocenters. The zero-order valence-electron chi connectivity index (χ0n) is 72.7. The van der Waals surface area contributed by atoms with Gasteiger partial charge in [0.1, 0.15) is 45.7 Å². The summed E-state index contributed by atoms with van der Waals surface area (Å²) in [6, 6.07) is 12.4. The van der Waals surface area contributed by atoms with Gasteiger partial charge in [-0.2, -0.15) is 29.8 Å². The van der Waals surface area contributed by atoms with Crippen molar-refractivity contribution in [1.82, 2.24) is 42.1 Å². The maximum Gasteiger partial charge on any atom is 0.326 e. The number of rotatable bonds is 50. The number of carboxylic acids is 6. The first-order chi connectivity index (χ1) is 62.3. The number of carbonyl (C=O) groups is 13. The Morgan fingerprint density at radius 2 is 0.902 bits per heavy atom. The van der Waals surface area contributed by atoms with E-state index in [0.717, 1.165) is 12.1 Å². The molecule has 718 valence electrons. The van der Waals surface area contributed by atoms with Crippen molar-refractivity contribution >= 4 is 168 Å². The van der Waals surface area contributed by atoms with Crippen molar-refractivity contribution in [3.8, 4) is 0 Å². The van der Waals surface area contributed by atoms with E-state index in [1.165, 1.54) is 65.6 Å². The minimum absolute atomic E-state index is 0.00190. The van der Waals surface area contributed by atoms with Gasteiger partial charge in [0.15, 0.2) is 5.71 Å². The molecule has 0 spiro atoms. The zero-order chi connectivity index (χ0) is 98.4. The van der Waals surface area contributed by atoms with Crippen LogP contribution in [0.1, 0.15) is 163 Å². The quantitative estimate of drug-likeness (QED) is 0.00848. The van der Waals surface area contributed by atoms with Crippen LogP contribution in [0.25, 0.3) is 21.5 Å². The lowest BCUT2D eigenvalue weighted by molar-refractivity contribution is -0.438. The standard InChI is InChI=1S/C86H104N12O31S4/c1-6-97-64-35-31-56-58(44-54(130(118,119)120)46-66(56)132(124,125)126)75(64)85(2,3)68(97)20-9-7-10-21-69-86(4,5)76-59-45-55(131(121,122)123)47-67(133(127,128)129)57(59)32-36-65(76)98(69)43-16-8-11-22-70(99)87-41-17-42-96(48-71(100)90-52-27-23-50(24-28-52)77(106)88-39-14-12-18-60(79(108)109)92-83(116)94-62(81(112)113)33-37-73(102)103)49-72(101)91-53-29-25-51(26-30-53)78(107)89-40-15-13-19-61(80(110)111)93-84(117)95-63(82(114)115)34-38-74(104)105/h7,9-10,20-21,23-32,35-36,44-47,60-63H,6,8,11-19,22,33-34,37-43,48-49H2,1-5H3,(H18-,87,88,89,90,91,92,93,94,95,99,100,101,102,103,104,105,106,107,108,109,110,111,112,113,114,115,116,117,118,119,120,121,122,123,124,125,126,127,128,129)/t60-,61-,62-,63-/m0/s1. The van der Waals surface area contributed by atoms with Gasteiger partial charge in [0.05, 0.1) is 33.2 Å². The fourth-order valence-corrected chi connectivity index (χ4v) is 18.2. The first-order valence-corrected chi connectivity index (χ1v) is 47.5. The number of nitrogens with zero attached hydrogens (tertiary/aromatic N) is 3. The Morgan fingerprint density at radius 3 is 1.35 bits per heavy atom. The molecule has 2 aliphatic rings. The monoisotopic (exact) mass is 1930 g/mol. The number of aliphatic carboxylic acids is 6. The highest BCUT2D eigenvalue weighted by Crippen LogP contribution is 2.52. The number of urea groups is 2. The van der Waals surface area contributed by atoms with Crippen LogP contribution >= 0.6 is 0 Å². The van der Waals surface area contributed by atoms with Crippen LogP contribution in [-0.4, -0.2) is 252 Å². The van der Waals surface area contributed by atoms with Crippen molar-refractivity contribution in [2.24, 2.45) is 0 Å². The molecule has 6 aromatic rings. The second-order valence-electron chi connectivity index (χ2n) is 32.3. The van der Waals surface area contributed by atoms with Gasteiger partial charge in [0.2, 0.25) is 23.4 Å². The van der Waals surface area contributed by atoms with E-state index in [1.807, 2.05) is 40.9 Å². The SMILES string of the molecule is CCN1/C(=C/C=C/C=C/C2=[N+](CCCCCC(=O)NCCCN(CC(=O)Nc3ccc(C(=O)NCCCC[C@H](NC(=O)N[C@@H](CCC(=O)O)C(=O)O)C(=O)O)cc3)CC(=O)Nc3ccc(C(=O)NCCCC[C@H](NC(=O)N[C@@H](CCC(=O)O)C(=O)O)C(=O)O)cc3)c3ccc4c(S(=O)(=O)[O-])cc(S(=O)(=O)O)cc4c3C2(C)C)C(C)(C)c2c1ccc1c(S(=O)(=O)O)cc(S(=O)(=O)O)cc21. The maximum atomic E-state index is 13.8. The van der Waals surface area contributed by atoms with Gasteiger partial charge in [-0.25, -0.2) is 37.2 Å². The van der Waals surface area contributed by atoms with Crippen molar-refractivity contribution in [3.05, 3.63) is 155 Å². The average molecular weight is 1930 g/mol. The first-order valence-electron chi connectivity index (χ1n) is 41.7. The van der Waals surface area contributed by atoms with Gasteiger partial charge in [-0.05, 0) is 199 Å². The molecule has 0 saturated heterocycles. The molecule has 4 atom stereocenters. The molecule has 2 aliphatic heterocycles. The van der Waals surface area contributed by atoms with Crippen molar-refractivity contribution in [1.29, 1.82) is 0 Å². The van der Waals surface area contributed by atoms with Crippen LogP contribution in [0.2, 0.25) is 0 Å². The lowest BCUT2D eigenvalue weighted by Crippen LogP contribution is -2.51. The number of benzene rings is 6. The third-order valence-corrected chi connectivity index (χ3v) is 25.4. The normalized spacial score (nSPS) is 14.8. The van der Waals surface area contributed by atoms with Crippen molar-refractivity contribution in [2.75, 3.05) is 67.9 Å². The fourth-order valence-electron chi connectivity index (χ4n) is 15.6. The predicted octanol–water partition coefficient (Wildman–Crippen LogP) is 6.41. The molecule has 18 N–H and O–H groups in total. The van der Waals surface area contributed by atoms with E-state index in [2.05, 4.69) is 37.2 Å². The van der Waals surface area contributed by atoms with Gasteiger partial charge in [0, 0.05) is 126 Å². The third-order valence-electron chi connectivity index (χ3n) is 22.0. The van der Waals surface area contributed by atoms with Gasteiger partial charge in [-0.15, -0.1) is 0 Å². The van der Waals surface area contributed by atoms with Crippen molar-refractivity contribution in [3.63, 3.8) is 0 Å². The maximum absolute atomic E-state index is 13.8. The highest BCUT2D eigenvalue weighted by atomic mass is 32.2. The molecule has 43 nitrogen and oxygen atoms in total. The molecular formula is C86H104N12O31S4. The van der Waals surface area contributed by atoms with E-state index in [9.17, 15) is 135 Å². The molecule has 6 aromatic carbocycles. The number of hydrogen-bond donors (Lipinski definition) is 18. The van der Waals surface area contributed by atoms with E-state index < -0.39 is 205 Å². The predicted molar refractivity (Wildman–Crippen MR) is 478 cm³/mol. The number of amides is 9. The Balaban J connectivity index is 0.916. The molecule has 47 heteroatoms. The Labute approximate surface area is 764 Å². The molecule has 0 saturated carbocycles. The summed E-state index contributed by atoms with van der Waals surface area (Å²) in [6.45, 7) is 9.14. The van der Waals surface area contributed by atoms with Gasteiger partial charge in [0.25, 0.3) is 42.2 Å². The lowest BCUT2D eigenvalue weighted by atomic mass is 9.79. The highest BCUT2D eigenvalue weighted by molar-refractivity contribution is 7.87. The summed E-state index contributed by atoms with van der Waals surface area (Å²) in [4.78, 5) is 161. The third kappa shape index (κ3) is 29.2. The van der Waals surface area contributed by atoms with Crippen LogP contribution in [0.4, 0.5) is 32.3 Å². The molecule has 0 bridgehead atoms. The van der Waals surface area contributed by atoms with Crippen LogP contribution in [-0.2, 0) is 94.5 Å². The average Bonchev–Trinajstić information content (AvgIpc) is 1.60. The van der Waals surface area contributed by atoms with Crippen LogP contribution in [0.15, 0.2) is 153 Å². The molecule has 0 aromatic heterocycles. The summed E-state index contributed by atoms with van der Waals surface area (Å²) in [7, 11) is -20.5. The van der Waals surface area contributed by atoms with E-state index >= 15 is 0 Å². The number of fused-ring (bicyclic) bond motifs is 6. The largest absolute Gasteiger partial charge is 0.744 e. The number of likely N-dealkylation sites (N-methyl/N-ethyl adjacent to an activating group) is 1. The number of unbranched alkanes of at least 4 members (excludes halogenated alkanes) is 4.